The average Bonchev–Trinajstić information content (AvgIpc) is 3.43. The van der Waals surface area contributed by atoms with Crippen molar-refractivity contribution < 1.29 is 27.4 Å². The number of tetrazole rings is 1. The van der Waals surface area contributed by atoms with E-state index in [2.05, 4.69) is 25.6 Å². The zero-order valence-corrected chi connectivity index (χ0v) is 17.8. The number of carbonyl (C=O) groups is 1. The Kier molecular flexibility index (Phi) is 6.18. The molecule has 4 rings (SSSR count). The van der Waals surface area contributed by atoms with Crippen LogP contribution in [-0.2, 0) is 4.79 Å². The molecule has 0 aliphatic carbocycles. The number of benzene rings is 2. The predicted molar refractivity (Wildman–Crippen MR) is 110 cm³/mol. The summed E-state index contributed by atoms with van der Waals surface area (Å²) in [7, 11) is 3.45. The zero-order valence-electron chi connectivity index (χ0n) is 17.8. The Morgan fingerprint density at radius 2 is 1.85 bits per heavy atom. The first-order chi connectivity index (χ1) is 15.7. The van der Waals surface area contributed by atoms with Crippen molar-refractivity contribution in [3.8, 4) is 23.2 Å². The number of rotatable bonds is 6. The minimum atomic E-state index is -4.87. The van der Waals surface area contributed by atoms with Crippen LogP contribution in [0.5, 0.6) is 17.5 Å². The van der Waals surface area contributed by atoms with E-state index in [0.29, 0.717) is 5.75 Å². The number of ether oxygens (including phenoxy) is 2. The van der Waals surface area contributed by atoms with Gasteiger partial charge in [-0.25, -0.2) is 0 Å². The minimum Gasteiger partial charge on any atom is -0.423 e. The molecule has 1 amide bonds. The molecule has 2 heterocycles. The van der Waals surface area contributed by atoms with Crippen LogP contribution < -0.4 is 14.8 Å². The third-order valence-electron chi connectivity index (χ3n) is 5.14. The Bertz CT molecular complexity index is 1120. The molecule has 9 nitrogen and oxygen atoms in total. The SMILES string of the molecule is CN(C)C(=O)[C@@H]1CC[C@H](c2ccc(Oc3nnnn3-c3ccccc3OC(F)(F)F)cc2)N1. The minimum absolute atomic E-state index is 0.0294. The van der Waals surface area contributed by atoms with Crippen LogP contribution in [0.15, 0.2) is 48.5 Å². The normalized spacial score (nSPS) is 18.2. The lowest BCUT2D eigenvalue weighted by Gasteiger charge is -2.18. The highest BCUT2D eigenvalue weighted by Gasteiger charge is 2.33. The molecule has 3 aromatic rings. The smallest absolute Gasteiger partial charge is 0.423 e. The second-order valence-corrected chi connectivity index (χ2v) is 7.64. The predicted octanol–water partition coefficient (Wildman–Crippen LogP) is 3.23. The third kappa shape index (κ3) is 5.22. The van der Waals surface area contributed by atoms with Gasteiger partial charge in [-0.1, -0.05) is 29.4 Å². The maximum absolute atomic E-state index is 12.7. The van der Waals surface area contributed by atoms with Crippen LogP contribution in [0.1, 0.15) is 24.4 Å². The largest absolute Gasteiger partial charge is 0.573 e. The fourth-order valence-corrected chi connectivity index (χ4v) is 3.62. The van der Waals surface area contributed by atoms with Gasteiger partial charge >= 0.3 is 12.4 Å². The number of aromatic nitrogens is 4. The average molecular weight is 462 g/mol. The van der Waals surface area contributed by atoms with E-state index < -0.39 is 12.1 Å². The molecule has 174 valence electrons. The summed E-state index contributed by atoms with van der Waals surface area (Å²) in [5, 5.41) is 14.3. The quantitative estimate of drug-likeness (QED) is 0.601. The van der Waals surface area contributed by atoms with E-state index in [1.807, 2.05) is 12.1 Å². The lowest BCUT2D eigenvalue weighted by molar-refractivity contribution is -0.274. The monoisotopic (exact) mass is 462 g/mol. The molecule has 0 unspecified atom stereocenters. The third-order valence-corrected chi connectivity index (χ3v) is 5.14. The van der Waals surface area contributed by atoms with E-state index in [1.165, 1.54) is 18.2 Å². The maximum Gasteiger partial charge on any atom is 0.573 e. The Morgan fingerprint density at radius 3 is 2.55 bits per heavy atom. The first-order valence-electron chi connectivity index (χ1n) is 10.1. The summed E-state index contributed by atoms with van der Waals surface area (Å²) in [5.41, 5.74) is 0.957. The molecule has 1 N–H and O–H groups in total. The fourth-order valence-electron chi connectivity index (χ4n) is 3.62. The Balaban J connectivity index is 1.48. The standard InChI is InChI=1S/C21H21F3N6O3/c1-29(2)19(31)16-12-11-15(25-16)13-7-9-14(10-8-13)32-20-26-27-28-30(20)17-5-3-4-6-18(17)33-21(22,23)24/h3-10,15-16,25H,11-12H2,1-2H3/t15-,16+/m1/s1. The number of hydrogen-bond acceptors (Lipinski definition) is 7. The summed E-state index contributed by atoms with van der Waals surface area (Å²) >= 11 is 0. The van der Waals surface area contributed by atoms with Gasteiger partial charge in [-0.15, -0.1) is 13.2 Å². The van der Waals surface area contributed by atoms with Gasteiger partial charge in [0.1, 0.15) is 11.4 Å². The van der Waals surface area contributed by atoms with Gasteiger partial charge in [-0.05, 0) is 53.1 Å². The molecule has 0 saturated carbocycles. The highest BCUT2D eigenvalue weighted by molar-refractivity contribution is 5.81. The van der Waals surface area contributed by atoms with Crippen molar-refractivity contribution in [3.05, 3.63) is 54.1 Å². The number of amides is 1. The van der Waals surface area contributed by atoms with Crippen molar-refractivity contribution in [2.75, 3.05) is 14.1 Å². The molecule has 2 aromatic carbocycles. The Hall–Kier alpha value is -3.67. The van der Waals surface area contributed by atoms with Crippen LogP contribution in [0.25, 0.3) is 5.69 Å². The maximum atomic E-state index is 12.7. The van der Waals surface area contributed by atoms with Crippen molar-refractivity contribution >= 4 is 5.91 Å². The van der Waals surface area contributed by atoms with Gasteiger partial charge in [0.15, 0.2) is 5.75 Å². The summed E-state index contributed by atoms with van der Waals surface area (Å²) in [6.45, 7) is 0. The van der Waals surface area contributed by atoms with E-state index in [4.69, 9.17) is 4.74 Å². The number of para-hydroxylation sites is 2. The first kappa shape index (κ1) is 22.5. The van der Waals surface area contributed by atoms with Crippen LogP contribution in [0.4, 0.5) is 13.2 Å². The molecule has 33 heavy (non-hydrogen) atoms. The van der Waals surface area contributed by atoms with E-state index >= 15 is 0 Å². The number of hydrogen-bond donors (Lipinski definition) is 1. The highest BCUT2D eigenvalue weighted by Crippen LogP contribution is 2.32. The van der Waals surface area contributed by atoms with Crippen molar-refractivity contribution in [1.82, 2.24) is 30.4 Å². The number of nitrogens with one attached hydrogen (secondary N) is 1. The zero-order chi connectivity index (χ0) is 23.6. The van der Waals surface area contributed by atoms with Crippen molar-refractivity contribution in [1.29, 1.82) is 0 Å². The van der Waals surface area contributed by atoms with E-state index in [1.54, 1.807) is 31.1 Å². The van der Waals surface area contributed by atoms with Gasteiger partial charge < -0.3 is 14.4 Å². The van der Waals surface area contributed by atoms with E-state index in [0.717, 1.165) is 29.2 Å². The summed E-state index contributed by atoms with van der Waals surface area (Å²) < 4.78 is 49.0. The van der Waals surface area contributed by atoms with Gasteiger partial charge in [0.05, 0.1) is 6.04 Å². The van der Waals surface area contributed by atoms with Crippen molar-refractivity contribution in [2.24, 2.45) is 0 Å². The van der Waals surface area contributed by atoms with Gasteiger partial charge in [0.2, 0.25) is 5.91 Å². The van der Waals surface area contributed by atoms with Crippen LogP contribution in [0.3, 0.4) is 0 Å². The molecule has 1 saturated heterocycles. The topological polar surface area (TPSA) is 94.4 Å². The Labute approximate surface area is 187 Å². The number of likely N-dealkylation sites (N-methyl/N-ethyl adjacent to an activating group) is 1. The van der Waals surface area contributed by atoms with Crippen molar-refractivity contribution in [2.45, 2.75) is 31.3 Å². The molecule has 0 bridgehead atoms. The number of alkyl halides is 3. The van der Waals surface area contributed by atoms with Crippen LogP contribution in [0.2, 0.25) is 0 Å². The molecule has 0 radical (unpaired) electrons. The molecule has 1 fully saturated rings. The van der Waals surface area contributed by atoms with Crippen LogP contribution >= 0.6 is 0 Å². The van der Waals surface area contributed by atoms with E-state index in [9.17, 15) is 18.0 Å². The van der Waals surface area contributed by atoms with Gasteiger partial charge in [-0.3, -0.25) is 10.1 Å². The van der Waals surface area contributed by atoms with Gasteiger partial charge in [0, 0.05) is 20.1 Å². The summed E-state index contributed by atoms with van der Waals surface area (Å²) in [6, 6.07) is 12.3. The van der Waals surface area contributed by atoms with Crippen molar-refractivity contribution in [3.63, 3.8) is 0 Å². The number of nitrogens with zero attached hydrogens (tertiary/aromatic N) is 5. The fraction of sp³-hybridized carbons (Fsp3) is 0.333. The van der Waals surface area contributed by atoms with E-state index in [-0.39, 0.29) is 29.7 Å². The Morgan fingerprint density at radius 1 is 1.12 bits per heavy atom. The summed E-state index contributed by atoms with van der Waals surface area (Å²) in [5.74, 6) is -0.0337. The second-order valence-electron chi connectivity index (χ2n) is 7.64. The summed E-state index contributed by atoms with van der Waals surface area (Å²) in [6.07, 6.45) is -3.31. The molecule has 1 aliphatic rings. The molecule has 0 spiro atoms. The molecule has 12 heteroatoms. The number of carbonyl (C=O) groups excluding carboxylic acids is 1. The molecular weight excluding hydrogens is 441 g/mol. The molecular formula is C21H21F3N6O3. The molecule has 2 atom stereocenters. The highest BCUT2D eigenvalue weighted by atomic mass is 19.4. The molecule has 1 aliphatic heterocycles. The van der Waals surface area contributed by atoms with Gasteiger partial charge in [-0.2, -0.15) is 4.68 Å². The molecule has 1 aromatic heterocycles. The lowest BCUT2D eigenvalue weighted by Crippen LogP contribution is -2.40. The van der Waals surface area contributed by atoms with Crippen LogP contribution in [-0.4, -0.2) is 57.5 Å². The van der Waals surface area contributed by atoms with Crippen LogP contribution in [0, 0.1) is 0 Å². The lowest BCUT2D eigenvalue weighted by atomic mass is 10.1. The van der Waals surface area contributed by atoms with Gasteiger partial charge in [0.25, 0.3) is 0 Å². The number of halogens is 3. The second kappa shape index (κ2) is 9.06. The first-order valence-corrected chi connectivity index (χ1v) is 10.1. The summed E-state index contributed by atoms with van der Waals surface area (Å²) in [4.78, 5) is 13.7.